The minimum Gasteiger partial charge on any atom is -0.344 e. The summed E-state index contributed by atoms with van der Waals surface area (Å²) in [7, 11) is 0. The first-order valence-corrected chi connectivity index (χ1v) is 8.30. The molecule has 2 atom stereocenters. The van der Waals surface area contributed by atoms with Crippen molar-refractivity contribution >= 4 is 17.5 Å². The molecule has 1 aliphatic heterocycles. The van der Waals surface area contributed by atoms with E-state index in [0.717, 1.165) is 0 Å². The largest absolute Gasteiger partial charge is 0.344 e. The molecular weight excluding hydrogens is 340 g/mol. The van der Waals surface area contributed by atoms with Gasteiger partial charge < -0.3 is 16.4 Å². The topological polar surface area (TPSA) is 84.2 Å². The first kappa shape index (κ1) is 18.0. The SMILES string of the molecule is N[C@@H](CC(=O)NC1Cc2cc(F)ccc2NC1=O)Cc1ccccc1F. The second-order valence-electron chi connectivity index (χ2n) is 6.37. The molecule has 7 heteroatoms. The molecule has 5 nitrogen and oxygen atoms in total. The third kappa shape index (κ3) is 4.23. The Hall–Kier alpha value is -2.80. The van der Waals surface area contributed by atoms with E-state index in [1.54, 1.807) is 18.2 Å². The smallest absolute Gasteiger partial charge is 0.247 e. The Kier molecular flexibility index (Phi) is 5.27. The molecule has 1 unspecified atom stereocenters. The van der Waals surface area contributed by atoms with Crippen LogP contribution in [0.2, 0.25) is 0 Å². The highest BCUT2D eigenvalue weighted by molar-refractivity contribution is 6.00. The highest BCUT2D eigenvalue weighted by Gasteiger charge is 2.28. The summed E-state index contributed by atoms with van der Waals surface area (Å²) in [6.45, 7) is 0. The molecule has 2 amide bonds. The molecule has 0 aromatic heterocycles. The van der Waals surface area contributed by atoms with Gasteiger partial charge in [-0.2, -0.15) is 0 Å². The predicted octanol–water partition coefficient (Wildman–Crippen LogP) is 1.90. The van der Waals surface area contributed by atoms with Crippen LogP contribution in [0.4, 0.5) is 14.5 Å². The van der Waals surface area contributed by atoms with Crippen LogP contribution in [0.3, 0.4) is 0 Å². The van der Waals surface area contributed by atoms with E-state index in [9.17, 15) is 18.4 Å². The van der Waals surface area contributed by atoms with Gasteiger partial charge in [0.15, 0.2) is 0 Å². The molecule has 26 heavy (non-hydrogen) atoms. The van der Waals surface area contributed by atoms with E-state index < -0.39 is 23.8 Å². The Bertz CT molecular complexity index is 841. The number of hydrogen-bond acceptors (Lipinski definition) is 3. The number of halogens is 2. The van der Waals surface area contributed by atoms with Crippen LogP contribution >= 0.6 is 0 Å². The van der Waals surface area contributed by atoms with Crippen LogP contribution in [0.1, 0.15) is 17.5 Å². The number of rotatable bonds is 5. The summed E-state index contributed by atoms with van der Waals surface area (Å²) >= 11 is 0. The van der Waals surface area contributed by atoms with E-state index in [1.165, 1.54) is 24.3 Å². The molecule has 1 aliphatic rings. The molecule has 0 saturated heterocycles. The molecule has 0 spiro atoms. The van der Waals surface area contributed by atoms with E-state index in [-0.39, 0.29) is 31.0 Å². The fraction of sp³-hybridized carbons (Fsp3) is 0.263. The fourth-order valence-corrected chi connectivity index (χ4v) is 3.01. The molecule has 0 radical (unpaired) electrons. The van der Waals surface area contributed by atoms with Gasteiger partial charge in [0.1, 0.15) is 17.7 Å². The third-order valence-electron chi connectivity index (χ3n) is 4.29. The van der Waals surface area contributed by atoms with Crippen molar-refractivity contribution < 1.29 is 18.4 Å². The van der Waals surface area contributed by atoms with Gasteiger partial charge in [0.2, 0.25) is 11.8 Å². The maximum absolute atomic E-state index is 13.6. The van der Waals surface area contributed by atoms with Gasteiger partial charge in [-0.15, -0.1) is 0 Å². The van der Waals surface area contributed by atoms with Crippen LogP contribution in [0.15, 0.2) is 42.5 Å². The molecule has 1 heterocycles. The lowest BCUT2D eigenvalue weighted by molar-refractivity contribution is -0.126. The molecular formula is C19H19F2N3O2. The molecule has 2 aromatic carbocycles. The molecule has 0 fully saturated rings. The second-order valence-corrected chi connectivity index (χ2v) is 6.37. The van der Waals surface area contributed by atoms with Crippen molar-refractivity contribution in [1.29, 1.82) is 0 Å². The van der Waals surface area contributed by atoms with Crippen LogP contribution in [0.5, 0.6) is 0 Å². The lowest BCUT2D eigenvalue weighted by Gasteiger charge is -2.25. The Morgan fingerprint density at radius 2 is 2.04 bits per heavy atom. The lowest BCUT2D eigenvalue weighted by atomic mass is 9.98. The minimum absolute atomic E-state index is 0.0475. The van der Waals surface area contributed by atoms with Crippen molar-refractivity contribution in [1.82, 2.24) is 5.32 Å². The van der Waals surface area contributed by atoms with Crippen molar-refractivity contribution in [3.8, 4) is 0 Å². The summed E-state index contributed by atoms with van der Waals surface area (Å²) in [4.78, 5) is 24.3. The highest BCUT2D eigenvalue weighted by atomic mass is 19.1. The van der Waals surface area contributed by atoms with Crippen LogP contribution in [-0.2, 0) is 22.4 Å². The van der Waals surface area contributed by atoms with Gasteiger partial charge in [0.25, 0.3) is 0 Å². The van der Waals surface area contributed by atoms with Crippen LogP contribution in [-0.4, -0.2) is 23.9 Å². The maximum atomic E-state index is 13.6. The van der Waals surface area contributed by atoms with E-state index in [1.807, 2.05) is 0 Å². The number of amides is 2. The molecule has 136 valence electrons. The third-order valence-corrected chi connectivity index (χ3v) is 4.29. The van der Waals surface area contributed by atoms with Gasteiger partial charge in [-0.1, -0.05) is 18.2 Å². The number of nitrogens with one attached hydrogen (secondary N) is 2. The predicted molar refractivity (Wildman–Crippen MR) is 93.4 cm³/mol. The summed E-state index contributed by atoms with van der Waals surface area (Å²) in [6.07, 6.45) is 0.367. The average molecular weight is 359 g/mol. The maximum Gasteiger partial charge on any atom is 0.247 e. The van der Waals surface area contributed by atoms with Crippen LogP contribution in [0.25, 0.3) is 0 Å². The van der Waals surface area contributed by atoms with Gasteiger partial charge in [-0.05, 0) is 41.8 Å². The Morgan fingerprint density at radius 1 is 1.27 bits per heavy atom. The van der Waals surface area contributed by atoms with Crippen LogP contribution in [0, 0.1) is 11.6 Å². The number of fused-ring (bicyclic) bond motifs is 1. The first-order valence-electron chi connectivity index (χ1n) is 8.30. The van der Waals surface area contributed by atoms with E-state index >= 15 is 0 Å². The van der Waals surface area contributed by atoms with Gasteiger partial charge in [0, 0.05) is 24.6 Å². The molecule has 4 N–H and O–H groups in total. The molecule has 2 aromatic rings. The Morgan fingerprint density at radius 3 is 2.81 bits per heavy atom. The molecule has 0 bridgehead atoms. The van der Waals surface area contributed by atoms with Crippen molar-refractivity contribution in [2.24, 2.45) is 5.73 Å². The molecule has 0 saturated carbocycles. The summed E-state index contributed by atoms with van der Waals surface area (Å²) in [5, 5.41) is 5.26. The zero-order valence-electron chi connectivity index (χ0n) is 14.0. The first-order chi connectivity index (χ1) is 12.4. The normalized spacial score (nSPS) is 17.2. The quantitative estimate of drug-likeness (QED) is 0.762. The van der Waals surface area contributed by atoms with Crippen molar-refractivity contribution in [2.45, 2.75) is 31.3 Å². The van der Waals surface area contributed by atoms with Crippen molar-refractivity contribution in [2.75, 3.05) is 5.32 Å². The molecule has 3 rings (SSSR count). The van der Waals surface area contributed by atoms with Gasteiger partial charge in [-0.3, -0.25) is 9.59 Å². The second kappa shape index (κ2) is 7.61. The lowest BCUT2D eigenvalue weighted by Crippen LogP contribution is -2.48. The van der Waals surface area contributed by atoms with Gasteiger partial charge >= 0.3 is 0 Å². The molecule has 0 aliphatic carbocycles. The summed E-state index contributed by atoms with van der Waals surface area (Å²) in [5.74, 6) is -1.54. The van der Waals surface area contributed by atoms with Crippen molar-refractivity contribution in [3.05, 3.63) is 65.2 Å². The monoisotopic (exact) mass is 359 g/mol. The van der Waals surface area contributed by atoms with Gasteiger partial charge in [0.05, 0.1) is 0 Å². The number of carbonyl (C=O) groups is 2. The minimum atomic E-state index is -0.794. The number of carbonyl (C=O) groups excluding carboxylic acids is 2. The zero-order valence-corrected chi connectivity index (χ0v) is 14.0. The zero-order chi connectivity index (χ0) is 18.7. The summed E-state index contributed by atoms with van der Waals surface area (Å²) in [5.41, 5.74) is 7.53. The standard InChI is InChI=1S/C19H19F2N3O2/c20-13-5-6-16-12(7-13)9-17(19(26)24-16)23-18(25)10-14(22)8-11-3-1-2-4-15(11)21/h1-7,14,17H,8-10,22H2,(H,23,25)(H,24,26)/t14-,17?/m1/s1. The summed E-state index contributed by atoms with van der Waals surface area (Å²) in [6, 6.07) is 8.95. The number of nitrogens with two attached hydrogens (primary N) is 1. The number of anilines is 1. The van der Waals surface area contributed by atoms with E-state index in [0.29, 0.717) is 16.8 Å². The summed E-state index contributed by atoms with van der Waals surface area (Å²) < 4.78 is 27.0. The van der Waals surface area contributed by atoms with E-state index in [4.69, 9.17) is 5.73 Å². The van der Waals surface area contributed by atoms with E-state index in [2.05, 4.69) is 10.6 Å². The van der Waals surface area contributed by atoms with Crippen molar-refractivity contribution in [3.63, 3.8) is 0 Å². The van der Waals surface area contributed by atoms with Crippen LogP contribution < -0.4 is 16.4 Å². The highest BCUT2D eigenvalue weighted by Crippen LogP contribution is 2.23. The Balaban J connectivity index is 1.58. The Labute approximate surface area is 149 Å². The number of benzene rings is 2. The average Bonchev–Trinajstić information content (AvgIpc) is 2.58. The van der Waals surface area contributed by atoms with Gasteiger partial charge in [-0.25, -0.2) is 8.78 Å². The fourth-order valence-electron chi connectivity index (χ4n) is 3.01. The number of hydrogen-bond donors (Lipinski definition) is 3.